The van der Waals surface area contributed by atoms with Crippen LogP contribution in [0, 0.1) is 11.6 Å². The number of methoxy groups -OCH3 is 1. The standard InChI is InChI=1S/C21H24F2N2O5.C3H8.2C2H6/c1-13(24-11-15-17(22)4-3-5-18(15)23)10-14-19(6-9-30-2)25(7-8-26)12-16(20(14)27)21(28)29;1-3-2;2*1-2/h3-6,10,12-13,24,26H,7-9,11H2,1-2H3,(H,28,29);3H2,1-2H3;2*1-2H3/b14-10+,19-6+;;;. The molecule has 1 aromatic heterocycles. The number of hydrogen-bond donors (Lipinski definition) is 3. The van der Waals surface area contributed by atoms with Gasteiger partial charge >= 0.3 is 5.97 Å². The Kier molecular flexibility index (Phi) is 20.8. The lowest BCUT2D eigenvalue weighted by atomic mass is 10.1. The van der Waals surface area contributed by atoms with Crippen LogP contribution in [0.4, 0.5) is 8.78 Å². The van der Waals surface area contributed by atoms with E-state index in [2.05, 4.69) is 19.2 Å². The second-order valence-corrected chi connectivity index (χ2v) is 7.30. The summed E-state index contributed by atoms with van der Waals surface area (Å²) in [5.74, 6) is -2.78. The number of pyridine rings is 1. The Morgan fingerprint density at radius 2 is 1.70 bits per heavy atom. The number of hydrogen-bond acceptors (Lipinski definition) is 5. The van der Waals surface area contributed by atoms with E-state index in [9.17, 15) is 28.6 Å². The molecule has 0 saturated heterocycles. The maximum Gasteiger partial charge on any atom is 0.341 e. The second-order valence-electron chi connectivity index (χ2n) is 7.30. The van der Waals surface area contributed by atoms with Crippen molar-refractivity contribution in [2.75, 3.05) is 20.3 Å². The third kappa shape index (κ3) is 12.3. The molecule has 0 saturated carbocycles. The van der Waals surface area contributed by atoms with E-state index in [0.29, 0.717) is 5.35 Å². The summed E-state index contributed by atoms with van der Waals surface area (Å²) in [4.78, 5) is 24.3. The summed E-state index contributed by atoms with van der Waals surface area (Å²) in [6.45, 7) is 13.7. The first-order chi connectivity index (χ1) is 17.7. The van der Waals surface area contributed by atoms with E-state index in [4.69, 9.17) is 4.74 Å². The van der Waals surface area contributed by atoms with Gasteiger partial charge in [0.25, 0.3) is 0 Å². The average molecular weight is 527 g/mol. The topological polar surface area (TPSA) is 101 Å². The van der Waals surface area contributed by atoms with E-state index >= 15 is 0 Å². The zero-order chi connectivity index (χ0) is 29.0. The minimum atomic E-state index is -1.39. The van der Waals surface area contributed by atoms with Crippen molar-refractivity contribution in [3.8, 4) is 0 Å². The van der Waals surface area contributed by atoms with E-state index in [1.807, 2.05) is 27.7 Å². The molecule has 2 aromatic rings. The molecule has 3 N–H and O–H groups in total. The van der Waals surface area contributed by atoms with Gasteiger partial charge in [-0.1, -0.05) is 60.1 Å². The fourth-order valence-corrected chi connectivity index (χ4v) is 2.97. The van der Waals surface area contributed by atoms with Crippen molar-refractivity contribution in [2.24, 2.45) is 0 Å². The average Bonchev–Trinajstić information content (AvgIpc) is 2.88. The van der Waals surface area contributed by atoms with Crippen LogP contribution in [0.15, 0.2) is 29.2 Å². The third-order valence-electron chi connectivity index (χ3n) is 4.45. The Bertz CT molecular complexity index is 1080. The third-order valence-corrected chi connectivity index (χ3v) is 4.45. The van der Waals surface area contributed by atoms with Crippen molar-refractivity contribution in [1.29, 1.82) is 0 Å². The molecule has 0 bridgehead atoms. The minimum absolute atomic E-state index is 0.0686. The number of aliphatic hydroxyl groups excluding tert-OH is 1. The minimum Gasteiger partial charge on any atom is -0.477 e. The number of halogens is 2. The number of carboxylic acids is 1. The number of carbonyl (C=O) groups is 1. The summed E-state index contributed by atoms with van der Waals surface area (Å²) in [6.07, 6.45) is 5.51. The van der Waals surface area contributed by atoms with Crippen molar-refractivity contribution >= 4 is 18.1 Å². The van der Waals surface area contributed by atoms with Gasteiger partial charge in [0.1, 0.15) is 17.2 Å². The predicted octanol–water partition coefficient (Wildman–Crippen LogP) is 3.67. The number of nitrogens with zero attached hydrogens (tertiary/aromatic N) is 1. The zero-order valence-electron chi connectivity index (χ0n) is 23.4. The van der Waals surface area contributed by atoms with Gasteiger partial charge in [0.15, 0.2) is 0 Å². The van der Waals surface area contributed by atoms with Crippen molar-refractivity contribution in [1.82, 2.24) is 9.88 Å². The highest BCUT2D eigenvalue weighted by molar-refractivity contribution is 5.87. The fraction of sp³-hybridized carbons (Fsp3) is 0.500. The van der Waals surface area contributed by atoms with Gasteiger partial charge in [0.05, 0.1) is 13.2 Å². The Labute approximate surface area is 219 Å². The maximum absolute atomic E-state index is 13.8. The van der Waals surface area contributed by atoms with Gasteiger partial charge in [0.2, 0.25) is 5.43 Å². The summed E-state index contributed by atoms with van der Waals surface area (Å²) >= 11 is 0. The van der Waals surface area contributed by atoms with E-state index in [1.54, 1.807) is 13.0 Å². The number of aliphatic hydroxyl groups is 1. The second kappa shape index (κ2) is 21.2. The number of carboxylic acid groups (broad SMARTS) is 1. The number of benzene rings is 1. The Hall–Kier alpha value is -2.88. The van der Waals surface area contributed by atoms with Crippen molar-refractivity contribution < 1.29 is 28.5 Å². The molecule has 1 heterocycles. The van der Waals surface area contributed by atoms with Crippen LogP contribution in [-0.4, -0.2) is 47.1 Å². The Balaban J connectivity index is 0. The monoisotopic (exact) mass is 526 g/mol. The van der Waals surface area contributed by atoms with Gasteiger partial charge in [-0.15, -0.1) is 0 Å². The number of nitrogens with one attached hydrogen (secondary N) is 1. The Morgan fingerprint density at radius 1 is 1.16 bits per heavy atom. The van der Waals surface area contributed by atoms with E-state index < -0.39 is 34.6 Å². The zero-order valence-corrected chi connectivity index (χ0v) is 23.4. The highest BCUT2D eigenvalue weighted by Gasteiger charge is 2.14. The van der Waals surface area contributed by atoms with Crippen LogP contribution in [0.2, 0.25) is 0 Å². The molecular weight excluding hydrogens is 482 g/mol. The number of rotatable bonds is 9. The summed E-state index contributed by atoms with van der Waals surface area (Å²) < 4.78 is 34.1. The maximum atomic E-state index is 13.8. The molecule has 0 aliphatic heterocycles. The molecular formula is C28H44F2N2O5. The molecule has 1 unspecified atom stereocenters. The van der Waals surface area contributed by atoms with E-state index in [1.165, 1.54) is 36.4 Å². The first-order valence-corrected chi connectivity index (χ1v) is 12.7. The molecule has 0 fully saturated rings. The fourth-order valence-electron chi connectivity index (χ4n) is 2.97. The van der Waals surface area contributed by atoms with Gasteiger partial charge < -0.3 is 24.8 Å². The molecule has 1 atom stereocenters. The Morgan fingerprint density at radius 3 is 2.16 bits per heavy atom. The number of aromatic nitrogens is 1. The first-order valence-electron chi connectivity index (χ1n) is 12.7. The largest absolute Gasteiger partial charge is 0.477 e. The molecule has 0 aliphatic carbocycles. The lowest BCUT2D eigenvalue weighted by Crippen LogP contribution is -2.49. The molecule has 37 heavy (non-hydrogen) atoms. The molecule has 0 aliphatic rings. The van der Waals surface area contributed by atoms with Crippen LogP contribution in [0.5, 0.6) is 0 Å². The summed E-state index contributed by atoms with van der Waals surface area (Å²) in [7, 11) is 1.47. The molecule has 9 heteroatoms. The lowest BCUT2D eigenvalue weighted by Gasteiger charge is -2.13. The first kappa shape index (κ1) is 36.3. The predicted molar refractivity (Wildman–Crippen MR) is 146 cm³/mol. The highest BCUT2D eigenvalue weighted by atomic mass is 19.1. The van der Waals surface area contributed by atoms with Crippen LogP contribution < -0.4 is 21.3 Å². The molecule has 210 valence electrons. The molecule has 2 rings (SSSR count). The van der Waals surface area contributed by atoms with E-state index in [-0.39, 0.29) is 37.1 Å². The van der Waals surface area contributed by atoms with E-state index in [0.717, 1.165) is 12.1 Å². The van der Waals surface area contributed by atoms with Gasteiger partial charge in [0, 0.05) is 48.6 Å². The molecule has 7 nitrogen and oxygen atoms in total. The van der Waals surface area contributed by atoms with Gasteiger partial charge in [-0.3, -0.25) is 4.79 Å². The normalized spacial score (nSPS) is 11.9. The summed E-state index contributed by atoms with van der Waals surface area (Å²) in [5.41, 5.74) is -1.29. The summed E-state index contributed by atoms with van der Waals surface area (Å²) in [5, 5.41) is 22.1. The lowest BCUT2D eigenvalue weighted by molar-refractivity contribution is 0.0694. The van der Waals surface area contributed by atoms with Crippen molar-refractivity contribution in [2.45, 2.75) is 74.0 Å². The molecule has 0 amide bonds. The highest BCUT2D eigenvalue weighted by Crippen LogP contribution is 2.11. The van der Waals surface area contributed by atoms with Crippen molar-refractivity contribution in [3.05, 3.63) is 67.9 Å². The van der Waals surface area contributed by atoms with Crippen molar-refractivity contribution in [3.63, 3.8) is 0 Å². The number of aromatic carboxylic acids is 1. The molecule has 0 radical (unpaired) electrons. The van der Waals surface area contributed by atoms with Crippen LogP contribution in [0.3, 0.4) is 0 Å². The van der Waals surface area contributed by atoms with Gasteiger partial charge in [-0.25, -0.2) is 13.6 Å². The SMILES string of the molecule is CC.CC.CCC.COC/C=c1\c(=C/C(C)NCc2c(F)cccc2F)c(=O)c(C(=O)O)cn1CCO. The van der Waals surface area contributed by atoms with Crippen LogP contribution in [0.1, 0.15) is 70.8 Å². The van der Waals surface area contributed by atoms with Crippen LogP contribution in [0.25, 0.3) is 12.2 Å². The smallest absolute Gasteiger partial charge is 0.341 e. The molecule has 1 aromatic carbocycles. The number of ether oxygens (including phenoxy) is 1. The van der Waals surface area contributed by atoms with Gasteiger partial charge in [-0.05, 0) is 25.1 Å². The molecule has 0 spiro atoms. The van der Waals surface area contributed by atoms with Gasteiger partial charge in [-0.2, -0.15) is 0 Å². The summed E-state index contributed by atoms with van der Waals surface area (Å²) in [6, 6.07) is 3.03. The van der Waals surface area contributed by atoms with Crippen LogP contribution in [-0.2, 0) is 17.8 Å². The van der Waals surface area contributed by atoms with Crippen LogP contribution >= 0.6 is 0 Å². The quantitative estimate of drug-likeness (QED) is 0.461.